The molecule has 0 aliphatic rings. The number of nitrogens with one attached hydrogen (secondary N) is 1. The van der Waals surface area contributed by atoms with E-state index >= 15 is 0 Å². The van der Waals surface area contributed by atoms with E-state index in [0.29, 0.717) is 0 Å². The summed E-state index contributed by atoms with van der Waals surface area (Å²) < 4.78 is 37.3. The van der Waals surface area contributed by atoms with Gasteiger partial charge >= 0.3 is 6.18 Å². The van der Waals surface area contributed by atoms with Gasteiger partial charge in [0, 0.05) is 6.20 Å². The first-order valence-corrected chi connectivity index (χ1v) is 6.83. The molecule has 0 atom stereocenters. The highest BCUT2D eigenvalue weighted by Gasteiger charge is 2.30. The summed E-state index contributed by atoms with van der Waals surface area (Å²) in [5.74, 6) is 0.245. The molecule has 116 valence electrons. The van der Waals surface area contributed by atoms with Gasteiger partial charge in [-0.15, -0.1) is 0 Å². The number of halogens is 3. The largest absolute Gasteiger partial charge is 0.417 e. The maximum Gasteiger partial charge on any atom is 0.417 e. The lowest BCUT2D eigenvalue weighted by molar-refractivity contribution is -0.137. The molecule has 1 N–H and O–H groups in total. The monoisotopic (exact) mass is 315 g/mol. The molecule has 0 unspecified atom stereocenters. The maximum absolute atomic E-state index is 12.4. The Labute approximate surface area is 130 Å². The van der Waals surface area contributed by atoms with Crippen LogP contribution in [0.5, 0.6) is 0 Å². The Morgan fingerprint density at radius 3 is 2.43 bits per heavy atom. The molecule has 0 radical (unpaired) electrons. The Balaban J connectivity index is 1.70. The molecule has 0 amide bonds. The van der Waals surface area contributed by atoms with Crippen LogP contribution in [0.3, 0.4) is 0 Å². The van der Waals surface area contributed by atoms with Crippen molar-refractivity contribution in [3.8, 4) is 0 Å². The zero-order valence-corrected chi connectivity index (χ0v) is 11.9. The number of alkyl halides is 3. The van der Waals surface area contributed by atoms with Crippen LogP contribution in [-0.2, 0) is 6.18 Å². The number of anilines is 1. The first-order valence-electron chi connectivity index (χ1n) is 6.83. The molecule has 0 saturated heterocycles. The number of hydrogen-bond acceptors (Lipinski definition) is 3. The lowest BCUT2D eigenvalue weighted by atomic mass is 10.1. The number of rotatable bonds is 3. The minimum Gasteiger partial charge on any atom is -0.261 e. The van der Waals surface area contributed by atoms with Gasteiger partial charge in [0.2, 0.25) is 0 Å². The van der Waals surface area contributed by atoms with Crippen molar-refractivity contribution >= 4 is 22.8 Å². The molecule has 3 aromatic rings. The molecular weight excluding hydrogens is 303 g/mol. The summed E-state index contributed by atoms with van der Waals surface area (Å²) in [5, 5.41) is 6.21. The zero-order chi connectivity index (χ0) is 16.3. The van der Waals surface area contributed by atoms with E-state index in [-0.39, 0.29) is 5.82 Å². The van der Waals surface area contributed by atoms with Crippen LogP contribution >= 0.6 is 0 Å². The smallest absolute Gasteiger partial charge is 0.261 e. The standard InChI is InChI=1S/C17H12F3N3/c18-17(19,20)15-7-8-16(21-11-15)23-22-10-12-5-6-13-3-1-2-4-14(13)9-12/h1-11H,(H,21,23)/b22-10-. The minimum absolute atomic E-state index is 0.245. The molecule has 3 rings (SSSR count). The molecule has 1 heterocycles. The van der Waals surface area contributed by atoms with Crippen molar-refractivity contribution in [2.24, 2.45) is 5.10 Å². The van der Waals surface area contributed by atoms with E-state index in [1.807, 2.05) is 42.5 Å². The van der Waals surface area contributed by atoms with Crippen molar-refractivity contribution in [3.63, 3.8) is 0 Å². The number of hydrogen-bond donors (Lipinski definition) is 1. The number of nitrogens with zero attached hydrogens (tertiary/aromatic N) is 2. The first-order chi connectivity index (χ1) is 11.0. The molecule has 6 heteroatoms. The van der Waals surface area contributed by atoms with Crippen molar-refractivity contribution in [3.05, 3.63) is 71.9 Å². The zero-order valence-electron chi connectivity index (χ0n) is 11.9. The first kappa shape index (κ1) is 15.0. The number of benzene rings is 2. The fourth-order valence-corrected chi connectivity index (χ4v) is 2.09. The quantitative estimate of drug-likeness (QED) is 0.562. The van der Waals surface area contributed by atoms with Crippen LogP contribution < -0.4 is 5.43 Å². The highest BCUT2D eigenvalue weighted by molar-refractivity contribution is 5.90. The third kappa shape index (κ3) is 3.66. The molecule has 3 nitrogen and oxygen atoms in total. The van der Waals surface area contributed by atoms with Gasteiger partial charge in [-0.2, -0.15) is 18.3 Å². The molecule has 23 heavy (non-hydrogen) atoms. The summed E-state index contributed by atoms with van der Waals surface area (Å²) >= 11 is 0. The molecule has 0 bridgehead atoms. The molecule has 0 fully saturated rings. The van der Waals surface area contributed by atoms with Gasteiger partial charge in [-0.1, -0.05) is 36.4 Å². The lowest BCUT2D eigenvalue weighted by Gasteiger charge is -2.06. The number of pyridine rings is 1. The van der Waals surface area contributed by atoms with Crippen LogP contribution in [0.4, 0.5) is 19.0 Å². The summed E-state index contributed by atoms with van der Waals surface area (Å²) in [7, 11) is 0. The Hall–Kier alpha value is -2.89. The molecule has 2 aromatic carbocycles. The predicted molar refractivity (Wildman–Crippen MR) is 84.4 cm³/mol. The van der Waals surface area contributed by atoms with Crippen molar-refractivity contribution in [2.75, 3.05) is 5.43 Å². The summed E-state index contributed by atoms with van der Waals surface area (Å²) in [4.78, 5) is 3.68. The minimum atomic E-state index is -4.39. The van der Waals surface area contributed by atoms with Gasteiger partial charge in [-0.05, 0) is 34.5 Å². The molecular formula is C17H12F3N3. The topological polar surface area (TPSA) is 37.3 Å². The normalized spacial score (nSPS) is 12.0. The molecule has 0 aliphatic carbocycles. The van der Waals surface area contributed by atoms with Crippen molar-refractivity contribution < 1.29 is 13.2 Å². The SMILES string of the molecule is FC(F)(F)c1ccc(N/N=C\c2ccc3ccccc3c2)nc1. The van der Waals surface area contributed by atoms with Crippen LogP contribution in [0.15, 0.2) is 65.9 Å². The second-order valence-electron chi connectivity index (χ2n) is 4.91. The van der Waals surface area contributed by atoms with Crippen LogP contribution in [0.25, 0.3) is 10.8 Å². The van der Waals surface area contributed by atoms with E-state index < -0.39 is 11.7 Å². The van der Waals surface area contributed by atoms with Crippen LogP contribution in [0.2, 0.25) is 0 Å². The van der Waals surface area contributed by atoms with Gasteiger partial charge < -0.3 is 0 Å². The molecule has 1 aromatic heterocycles. The Morgan fingerprint density at radius 1 is 0.957 bits per heavy atom. The Bertz CT molecular complexity index is 840. The average molecular weight is 315 g/mol. The van der Waals surface area contributed by atoms with E-state index in [0.717, 1.165) is 28.6 Å². The third-order valence-corrected chi connectivity index (χ3v) is 3.26. The highest BCUT2D eigenvalue weighted by atomic mass is 19.4. The molecule has 0 spiro atoms. The van der Waals surface area contributed by atoms with E-state index in [1.165, 1.54) is 6.07 Å². The van der Waals surface area contributed by atoms with Gasteiger partial charge in [-0.3, -0.25) is 5.43 Å². The number of aromatic nitrogens is 1. The van der Waals surface area contributed by atoms with E-state index in [1.54, 1.807) is 6.21 Å². The average Bonchev–Trinajstić information content (AvgIpc) is 2.54. The summed E-state index contributed by atoms with van der Waals surface area (Å²) in [6, 6.07) is 16.0. The Kier molecular flexibility index (Phi) is 3.97. The fourth-order valence-electron chi connectivity index (χ4n) is 2.09. The summed E-state index contributed by atoms with van der Waals surface area (Å²) in [6.07, 6.45) is -2.03. The van der Waals surface area contributed by atoms with Crippen molar-refractivity contribution in [1.29, 1.82) is 0 Å². The Morgan fingerprint density at radius 2 is 1.74 bits per heavy atom. The lowest BCUT2D eigenvalue weighted by Crippen LogP contribution is -2.05. The maximum atomic E-state index is 12.4. The third-order valence-electron chi connectivity index (χ3n) is 3.26. The van der Waals surface area contributed by atoms with Crippen LogP contribution in [0.1, 0.15) is 11.1 Å². The highest BCUT2D eigenvalue weighted by Crippen LogP contribution is 2.28. The van der Waals surface area contributed by atoms with E-state index in [2.05, 4.69) is 15.5 Å². The number of hydrazone groups is 1. The van der Waals surface area contributed by atoms with Gasteiger partial charge in [0.15, 0.2) is 0 Å². The van der Waals surface area contributed by atoms with E-state index in [4.69, 9.17) is 0 Å². The summed E-state index contributed by atoms with van der Waals surface area (Å²) in [5.41, 5.74) is 2.70. The van der Waals surface area contributed by atoms with Gasteiger partial charge in [-0.25, -0.2) is 4.98 Å². The summed E-state index contributed by atoms with van der Waals surface area (Å²) in [6.45, 7) is 0. The molecule has 0 aliphatic heterocycles. The fraction of sp³-hybridized carbons (Fsp3) is 0.0588. The van der Waals surface area contributed by atoms with Gasteiger partial charge in [0.25, 0.3) is 0 Å². The van der Waals surface area contributed by atoms with Crippen molar-refractivity contribution in [1.82, 2.24) is 4.98 Å². The van der Waals surface area contributed by atoms with Crippen molar-refractivity contribution in [2.45, 2.75) is 6.18 Å². The second kappa shape index (κ2) is 6.08. The molecule has 0 saturated carbocycles. The van der Waals surface area contributed by atoms with Gasteiger partial charge in [0.05, 0.1) is 11.8 Å². The van der Waals surface area contributed by atoms with Crippen LogP contribution in [0, 0.1) is 0 Å². The van der Waals surface area contributed by atoms with E-state index in [9.17, 15) is 13.2 Å². The second-order valence-corrected chi connectivity index (χ2v) is 4.91. The predicted octanol–water partition coefficient (Wildman–Crippen LogP) is 4.70. The number of fused-ring (bicyclic) bond motifs is 1. The van der Waals surface area contributed by atoms with Crippen LogP contribution in [-0.4, -0.2) is 11.2 Å². The van der Waals surface area contributed by atoms with Gasteiger partial charge in [0.1, 0.15) is 5.82 Å².